The molecule has 3 heterocycles. The van der Waals surface area contributed by atoms with Gasteiger partial charge in [0.25, 0.3) is 0 Å². The number of rotatable bonds is 8. The lowest BCUT2D eigenvalue weighted by atomic mass is 10.1. The van der Waals surface area contributed by atoms with E-state index in [4.69, 9.17) is 4.74 Å². The summed E-state index contributed by atoms with van der Waals surface area (Å²) in [6.45, 7) is 1.34. The zero-order valence-electron chi connectivity index (χ0n) is 23.5. The number of carbonyl (C=O) groups excluding carboxylic acids is 1. The number of nitrogens with zero attached hydrogens (tertiary/aromatic N) is 6. The van der Waals surface area contributed by atoms with Crippen LogP contribution in [0, 0.1) is 0 Å². The fourth-order valence-electron chi connectivity index (χ4n) is 4.07. The molecule has 0 bridgehead atoms. The van der Waals surface area contributed by atoms with E-state index >= 15 is 0 Å². The number of ether oxygens (including phenoxy) is 1. The van der Waals surface area contributed by atoms with Gasteiger partial charge >= 0.3 is 18.2 Å². The maximum Gasteiger partial charge on any atom is 0.416 e. The molecule has 0 saturated carbocycles. The van der Waals surface area contributed by atoms with Gasteiger partial charge in [-0.25, -0.2) is 32.7 Å². The molecule has 0 aliphatic heterocycles. The van der Waals surface area contributed by atoms with E-state index in [-0.39, 0.29) is 17.5 Å². The van der Waals surface area contributed by atoms with Crippen LogP contribution < -0.4 is 20.3 Å². The van der Waals surface area contributed by atoms with E-state index in [1.807, 2.05) is 43.4 Å². The molecule has 12 nitrogen and oxygen atoms in total. The molecule has 2 N–H and O–H groups in total. The van der Waals surface area contributed by atoms with Gasteiger partial charge in [-0.3, -0.25) is 0 Å². The molecule has 3 aromatic heterocycles. The highest BCUT2D eigenvalue weighted by atomic mass is 32.2. The van der Waals surface area contributed by atoms with Gasteiger partial charge in [-0.2, -0.15) is 18.3 Å². The van der Waals surface area contributed by atoms with Crippen molar-refractivity contribution in [1.82, 2.24) is 24.6 Å². The van der Waals surface area contributed by atoms with Crippen LogP contribution in [0.15, 0.2) is 78.2 Å². The molecule has 0 atom stereocenters. The second-order valence-electron chi connectivity index (χ2n) is 9.58. The van der Waals surface area contributed by atoms with Crippen LogP contribution in [0.4, 0.5) is 35.2 Å². The van der Waals surface area contributed by atoms with Crippen LogP contribution in [-0.2, 0) is 16.0 Å². The minimum Gasteiger partial charge on any atom is -0.424 e. The van der Waals surface area contributed by atoms with Gasteiger partial charge < -0.3 is 20.3 Å². The Labute approximate surface area is 249 Å². The Morgan fingerprint density at radius 1 is 1.00 bits per heavy atom. The topological polar surface area (TPSA) is 144 Å². The fourth-order valence-corrected chi connectivity index (χ4v) is 5.10. The number of aromatic nitrogens is 5. The van der Waals surface area contributed by atoms with Crippen molar-refractivity contribution in [3.05, 3.63) is 78.9 Å². The third-order valence-electron chi connectivity index (χ3n) is 6.34. The minimum atomic E-state index is -4.74. The Kier molecular flexibility index (Phi) is 8.10. The zero-order valence-corrected chi connectivity index (χ0v) is 24.3. The van der Waals surface area contributed by atoms with E-state index in [1.165, 1.54) is 19.3 Å². The molecular formula is C28H25F3N8O4S. The highest BCUT2D eigenvalue weighted by molar-refractivity contribution is 7.91. The lowest BCUT2D eigenvalue weighted by molar-refractivity contribution is -0.137. The molecule has 2 aromatic carbocycles. The number of sulfone groups is 1. The van der Waals surface area contributed by atoms with Gasteiger partial charge in [0.05, 0.1) is 46.2 Å². The zero-order chi connectivity index (χ0) is 31.6. The molecule has 0 aliphatic rings. The van der Waals surface area contributed by atoms with Gasteiger partial charge in [-0.1, -0.05) is 19.1 Å². The summed E-state index contributed by atoms with van der Waals surface area (Å²) in [6.07, 6.45) is 1.25. The number of alkyl halides is 3. The number of anilines is 3. The van der Waals surface area contributed by atoms with Crippen LogP contribution in [0.5, 0.6) is 11.8 Å². The van der Waals surface area contributed by atoms with Crippen LogP contribution >= 0.6 is 0 Å². The van der Waals surface area contributed by atoms with Gasteiger partial charge in [0.2, 0.25) is 0 Å². The van der Waals surface area contributed by atoms with Crippen molar-refractivity contribution in [1.29, 1.82) is 0 Å². The summed E-state index contributed by atoms with van der Waals surface area (Å²) < 4.78 is 71.8. The standard InChI is InChI=1S/C28H25F3N8O4S/c1-4-44(41,42)23-10-7-18(28(29,30)31)13-22(23)36-26(40)35-19-14-32-27(33-15-19)43-20-8-5-17(6-9-20)21-16-34-39-12-11-24(38(2)3)37-25(21)39/h5-16H,4H2,1-3H3,(H2,35,36,40). The molecule has 228 valence electrons. The predicted octanol–water partition coefficient (Wildman–Crippen LogP) is 5.50. The molecule has 5 aromatic rings. The van der Waals surface area contributed by atoms with Crippen molar-refractivity contribution in [2.75, 3.05) is 35.4 Å². The molecule has 5 rings (SSSR count). The number of nitrogens with one attached hydrogen (secondary N) is 2. The maximum absolute atomic E-state index is 13.2. The van der Waals surface area contributed by atoms with Crippen molar-refractivity contribution in [3.8, 4) is 22.9 Å². The molecule has 2 amide bonds. The number of carbonyl (C=O) groups is 1. The second kappa shape index (κ2) is 11.8. The lowest BCUT2D eigenvalue weighted by Gasteiger charge is -2.15. The molecule has 0 radical (unpaired) electrons. The number of benzene rings is 2. The number of amides is 2. The molecule has 0 aliphatic carbocycles. The highest BCUT2D eigenvalue weighted by Crippen LogP contribution is 2.34. The highest BCUT2D eigenvalue weighted by Gasteiger charge is 2.32. The van der Waals surface area contributed by atoms with Gasteiger partial charge in [-0.05, 0) is 42.0 Å². The van der Waals surface area contributed by atoms with Crippen LogP contribution in [0.1, 0.15) is 12.5 Å². The minimum absolute atomic E-state index is 0.0359. The summed E-state index contributed by atoms with van der Waals surface area (Å²) in [5, 5.41) is 8.88. The van der Waals surface area contributed by atoms with E-state index in [2.05, 4.69) is 30.7 Å². The second-order valence-corrected chi connectivity index (χ2v) is 11.8. The van der Waals surface area contributed by atoms with Gasteiger partial charge in [-0.15, -0.1) is 0 Å². The van der Waals surface area contributed by atoms with E-state index in [9.17, 15) is 26.4 Å². The smallest absolute Gasteiger partial charge is 0.416 e. The van der Waals surface area contributed by atoms with Crippen molar-refractivity contribution in [2.45, 2.75) is 18.0 Å². The van der Waals surface area contributed by atoms with Gasteiger partial charge in [0.1, 0.15) is 11.6 Å². The predicted molar refractivity (Wildman–Crippen MR) is 157 cm³/mol. The molecule has 16 heteroatoms. The van der Waals surface area contributed by atoms with E-state index in [1.54, 1.807) is 22.8 Å². The van der Waals surface area contributed by atoms with Crippen LogP contribution in [-0.4, -0.2) is 58.9 Å². The summed E-state index contributed by atoms with van der Waals surface area (Å²) in [7, 11) is -0.132. The van der Waals surface area contributed by atoms with Crippen LogP contribution in [0.25, 0.3) is 16.8 Å². The van der Waals surface area contributed by atoms with Crippen molar-refractivity contribution < 1.29 is 31.1 Å². The SMILES string of the molecule is CCS(=O)(=O)c1ccc(C(F)(F)F)cc1NC(=O)Nc1cnc(Oc2ccc(-c3cnn4ccc(N(C)C)nc34)cc2)nc1. The average Bonchev–Trinajstić information content (AvgIpc) is 3.41. The molecule has 0 unspecified atom stereocenters. The van der Waals surface area contributed by atoms with E-state index in [0.717, 1.165) is 23.0 Å². The van der Waals surface area contributed by atoms with E-state index in [0.29, 0.717) is 23.5 Å². The van der Waals surface area contributed by atoms with Gasteiger partial charge in [0.15, 0.2) is 15.5 Å². The molecule has 44 heavy (non-hydrogen) atoms. The van der Waals surface area contributed by atoms with Crippen molar-refractivity contribution in [3.63, 3.8) is 0 Å². The quantitative estimate of drug-likeness (QED) is 0.228. The normalized spacial score (nSPS) is 11.8. The Hall–Kier alpha value is -5.25. The summed E-state index contributed by atoms with van der Waals surface area (Å²) in [6, 6.07) is 9.95. The number of hydrogen-bond donors (Lipinski definition) is 2. The van der Waals surface area contributed by atoms with Crippen LogP contribution in [0.2, 0.25) is 0 Å². The fraction of sp³-hybridized carbons (Fsp3) is 0.179. The Morgan fingerprint density at radius 3 is 2.34 bits per heavy atom. The van der Waals surface area contributed by atoms with Crippen LogP contribution in [0.3, 0.4) is 0 Å². The number of halogens is 3. The average molecular weight is 627 g/mol. The summed E-state index contributed by atoms with van der Waals surface area (Å²) in [5.41, 5.74) is 0.829. The van der Waals surface area contributed by atoms with Crippen molar-refractivity contribution >= 4 is 38.7 Å². The number of hydrogen-bond acceptors (Lipinski definition) is 9. The Balaban J connectivity index is 1.26. The maximum atomic E-state index is 13.2. The third kappa shape index (κ3) is 6.54. The molecule has 0 saturated heterocycles. The number of urea groups is 1. The molecular weight excluding hydrogens is 601 g/mol. The largest absolute Gasteiger partial charge is 0.424 e. The lowest BCUT2D eigenvalue weighted by Crippen LogP contribution is -2.22. The molecule has 0 spiro atoms. The summed E-state index contributed by atoms with van der Waals surface area (Å²) >= 11 is 0. The first-order valence-electron chi connectivity index (χ1n) is 13.0. The van der Waals surface area contributed by atoms with Gasteiger partial charge in [0, 0.05) is 25.9 Å². The monoisotopic (exact) mass is 626 g/mol. The first kappa shape index (κ1) is 30.2. The third-order valence-corrected chi connectivity index (χ3v) is 8.13. The summed E-state index contributed by atoms with van der Waals surface area (Å²) in [5.74, 6) is 0.846. The van der Waals surface area contributed by atoms with E-state index < -0.39 is 38.2 Å². The summed E-state index contributed by atoms with van der Waals surface area (Å²) in [4.78, 5) is 26.7. The first-order valence-corrected chi connectivity index (χ1v) is 14.6. The van der Waals surface area contributed by atoms with Crippen molar-refractivity contribution in [2.24, 2.45) is 0 Å². The number of fused-ring (bicyclic) bond motifs is 1. The molecule has 0 fully saturated rings. The first-order chi connectivity index (χ1) is 20.8. The Bertz CT molecular complexity index is 1930. The Morgan fingerprint density at radius 2 is 1.70 bits per heavy atom.